The minimum absolute atomic E-state index is 0.00472. The summed E-state index contributed by atoms with van der Waals surface area (Å²) >= 11 is -3.54. The summed E-state index contributed by atoms with van der Waals surface area (Å²) in [6.07, 6.45) is 2.88. The monoisotopic (exact) mass is 1520 g/mol. The number of anilines is 4. The Bertz CT molecular complexity index is 5130. The highest BCUT2D eigenvalue weighted by atomic mass is 32.2. The average Bonchev–Trinajstić information content (AvgIpc) is 1.35. The molecule has 6 heterocycles. The van der Waals surface area contributed by atoms with E-state index in [1.807, 2.05) is 143 Å². The summed E-state index contributed by atoms with van der Waals surface area (Å²) in [4.78, 5) is 31.1. The molecule has 4 atom stereocenters. The Labute approximate surface area is 636 Å². The van der Waals surface area contributed by atoms with Gasteiger partial charge >= 0.3 is 22.5 Å². The molecule has 27 nitrogen and oxygen atoms in total. The number of fused-ring (bicyclic) bond motifs is 4. The number of hydrogen-bond donors (Lipinski definition) is 7. The quantitative estimate of drug-likeness (QED) is 0.0261. The van der Waals surface area contributed by atoms with Crippen LogP contribution in [0.25, 0.3) is 28.4 Å². The van der Waals surface area contributed by atoms with E-state index in [0.29, 0.717) is 117 Å². The first-order valence-corrected chi connectivity index (χ1v) is 37.6. The van der Waals surface area contributed by atoms with Gasteiger partial charge < -0.3 is 57.5 Å². The third kappa shape index (κ3) is 18.1. The fraction of sp³-hybridized carbons (Fsp3) is 0.300. The van der Waals surface area contributed by atoms with Crippen molar-refractivity contribution in [1.29, 1.82) is 0 Å². The number of benzene rings is 8. The minimum atomic E-state index is -1.81. The van der Waals surface area contributed by atoms with Gasteiger partial charge in [-0.15, -0.1) is 25.0 Å². The SMILES string of the molecule is CC1(C)CC(CO)c2cc(N=O)ccc2N1CCCO.COc1ccccc1OC1=Nn2nc(-c3ccc(NS(=O)Oc4cc(C)ccc4C)cc3)nc2C1=Nc1ccc2c(c1)C(CO)CC(C)(C)N2CCCO.COc1ccccc1Oc1cc2nc(-c3ccc(NS(=O)Oc4cc(C)ccc4C)cc3)[nH]n2n1. The number of aromatic nitrogens is 7. The molecule has 0 saturated carbocycles. The number of methoxy groups -OCH3 is 2. The molecule has 3 aliphatic heterocycles. The molecule has 4 unspecified atom stereocenters. The molecule has 0 bridgehead atoms. The van der Waals surface area contributed by atoms with E-state index in [1.54, 1.807) is 79.5 Å². The molecule has 0 spiro atoms. The van der Waals surface area contributed by atoms with Crippen LogP contribution < -0.4 is 46.6 Å². The smallest absolute Gasteiger partial charge is 0.316 e. The topological polar surface area (TPSA) is 332 Å². The number of H-pyrrole nitrogens is 1. The molecule has 568 valence electrons. The highest BCUT2D eigenvalue weighted by Crippen LogP contribution is 2.47. The van der Waals surface area contributed by atoms with Crippen molar-refractivity contribution in [2.24, 2.45) is 15.3 Å². The zero-order valence-corrected chi connectivity index (χ0v) is 63.8. The number of aliphatic hydroxyl groups is 4. The van der Waals surface area contributed by atoms with Crippen molar-refractivity contribution in [3.63, 3.8) is 0 Å². The van der Waals surface area contributed by atoms with Crippen LogP contribution in [0, 0.1) is 32.6 Å². The number of nitroso groups, excluding NO2 is 1. The van der Waals surface area contributed by atoms with Gasteiger partial charge in [0.15, 0.2) is 46.0 Å². The molecule has 0 aliphatic carbocycles. The Hall–Kier alpha value is -11.3. The number of ether oxygens (including phenoxy) is 4. The van der Waals surface area contributed by atoms with Crippen LogP contribution in [0.2, 0.25) is 0 Å². The lowest BCUT2D eigenvalue weighted by molar-refractivity contribution is 0.226. The molecule has 0 radical (unpaired) electrons. The Balaban J connectivity index is 0.000000171. The zero-order chi connectivity index (χ0) is 77.1. The number of hydrogen-bond acceptors (Lipinski definition) is 22. The maximum atomic E-state index is 12.8. The molecular weight excluding hydrogens is 1430 g/mol. The van der Waals surface area contributed by atoms with Crippen LogP contribution in [-0.4, -0.2) is 140 Å². The lowest BCUT2D eigenvalue weighted by Gasteiger charge is -2.48. The highest BCUT2D eigenvalue weighted by Gasteiger charge is 2.40. The molecule has 29 heteroatoms. The second-order valence-electron chi connectivity index (χ2n) is 27.7. The van der Waals surface area contributed by atoms with Crippen molar-refractivity contribution in [2.75, 3.05) is 73.0 Å². The third-order valence-corrected chi connectivity index (χ3v) is 20.3. The van der Waals surface area contributed by atoms with E-state index in [2.05, 4.69) is 77.5 Å². The van der Waals surface area contributed by atoms with Crippen LogP contribution in [0.4, 0.5) is 34.1 Å². The van der Waals surface area contributed by atoms with Gasteiger partial charge in [-0.25, -0.2) is 15.0 Å². The molecular formula is C80H88N14O13S2. The molecule has 3 aliphatic rings. The second-order valence-corrected chi connectivity index (χ2v) is 29.4. The number of aryl methyl sites for hydroxylation is 4. The summed E-state index contributed by atoms with van der Waals surface area (Å²) in [6, 6.07) is 53.7. The van der Waals surface area contributed by atoms with Gasteiger partial charge in [-0.1, -0.05) is 48.5 Å². The van der Waals surface area contributed by atoms with Crippen LogP contribution in [0.15, 0.2) is 191 Å². The average molecular weight is 1520 g/mol. The van der Waals surface area contributed by atoms with Crippen molar-refractivity contribution in [3.05, 3.63) is 220 Å². The first-order chi connectivity index (χ1) is 52.6. The van der Waals surface area contributed by atoms with Crippen LogP contribution in [-0.2, 0) is 22.5 Å². The lowest BCUT2D eigenvalue weighted by atomic mass is 9.79. The molecule has 3 aromatic heterocycles. The minimum Gasteiger partial charge on any atom is -0.493 e. The first-order valence-electron chi connectivity index (χ1n) is 35.5. The van der Waals surface area contributed by atoms with Gasteiger partial charge in [0.05, 0.1) is 33.1 Å². The van der Waals surface area contributed by atoms with E-state index in [1.165, 1.54) is 4.79 Å². The van der Waals surface area contributed by atoms with Gasteiger partial charge in [0.2, 0.25) is 11.7 Å². The number of nitrogens with zero attached hydrogens (tertiary/aromatic N) is 11. The van der Waals surface area contributed by atoms with Crippen LogP contribution in [0.5, 0.6) is 40.4 Å². The number of para-hydroxylation sites is 4. The molecule has 11 aromatic rings. The normalized spacial score (nSPS) is 16.1. The summed E-state index contributed by atoms with van der Waals surface area (Å²) in [5, 5.41) is 58.6. The van der Waals surface area contributed by atoms with Crippen molar-refractivity contribution in [1.82, 2.24) is 34.7 Å². The highest BCUT2D eigenvalue weighted by molar-refractivity contribution is 7.82. The Morgan fingerprint density at radius 1 is 0.560 bits per heavy atom. The Morgan fingerprint density at radius 3 is 1.55 bits per heavy atom. The molecule has 14 rings (SSSR count). The van der Waals surface area contributed by atoms with E-state index in [-0.39, 0.29) is 55.2 Å². The summed E-state index contributed by atoms with van der Waals surface area (Å²) in [5.41, 5.74) is 12.3. The van der Waals surface area contributed by atoms with Crippen LogP contribution in [0.3, 0.4) is 0 Å². The second kappa shape index (κ2) is 34.3. The molecule has 8 aromatic carbocycles. The number of aliphatic hydroxyl groups excluding tert-OH is 4. The van der Waals surface area contributed by atoms with Crippen LogP contribution in [0.1, 0.15) is 104 Å². The Morgan fingerprint density at radius 2 is 1.06 bits per heavy atom. The fourth-order valence-electron chi connectivity index (χ4n) is 13.4. The van der Waals surface area contributed by atoms with Gasteiger partial charge in [0.25, 0.3) is 5.90 Å². The maximum Gasteiger partial charge on any atom is 0.316 e. The summed E-state index contributed by atoms with van der Waals surface area (Å²) in [7, 11) is 3.16. The van der Waals surface area contributed by atoms with Crippen LogP contribution >= 0.6 is 0 Å². The molecule has 109 heavy (non-hydrogen) atoms. The molecule has 0 amide bonds. The Kier molecular flexibility index (Phi) is 24.3. The molecule has 0 fully saturated rings. The fourth-order valence-corrected chi connectivity index (χ4v) is 14.8. The van der Waals surface area contributed by atoms with Gasteiger partial charge in [-0.2, -0.15) is 13.0 Å². The van der Waals surface area contributed by atoms with E-state index in [9.17, 15) is 28.6 Å². The largest absolute Gasteiger partial charge is 0.493 e. The number of nitrogens with one attached hydrogen (secondary N) is 3. The van der Waals surface area contributed by atoms with Crippen molar-refractivity contribution < 1.29 is 56.2 Å². The predicted molar refractivity (Wildman–Crippen MR) is 424 cm³/mol. The van der Waals surface area contributed by atoms with E-state index >= 15 is 0 Å². The number of aromatic amines is 1. The predicted octanol–water partition coefficient (Wildman–Crippen LogP) is 14.2. The van der Waals surface area contributed by atoms with Gasteiger partial charge in [-0.3, -0.25) is 14.5 Å². The lowest BCUT2D eigenvalue weighted by Crippen LogP contribution is -2.49. The first kappa shape index (κ1) is 77.3. The summed E-state index contributed by atoms with van der Waals surface area (Å²) in [6.45, 7) is 18.1. The van der Waals surface area contributed by atoms with E-state index in [0.717, 1.165) is 69.7 Å². The standard InChI is InChI=1S/C40H43N7O6S.C25H23N5O4S.C15H22N2O3/c1-25-11-12-26(2)35(21-25)53-54(50)45-29-15-13-27(14-16-29)37-42-38-36(39(44-47(38)43-37)52-34-10-7-6-9-33(34)51-5)41-30-17-18-32-31(22-30)28(24-49)23-40(3,4)46(32)19-8-20-48;1-16-8-9-17(2)22(14-16)34-35(31)29-19-12-10-18(11-13-19)25-26-23-15-24(27-30(23)28-25)33-21-7-5-4-6-20(21)32-3;1-15(2)9-11(10-19)13-8-12(16-20)4-5-14(13)17(15)6-3-7-18/h6-7,9-18,21-22,28,45,48-49H,8,19-20,23-24H2,1-5H3;4-15,29H,1-3H3,(H,26,28);4-5,8,11,18-19H,3,6-7,9-10H2,1-2H3. The summed E-state index contributed by atoms with van der Waals surface area (Å²) in [5.74, 6) is 5.22. The van der Waals surface area contributed by atoms with E-state index < -0.39 is 22.5 Å². The van der Waals surface area contributed by atoms with Crippen molar-refractivity contribution >= 4 is 73.9 Å². The van der Waals surface area contributed by atoms with E-state index in [4.69, 9.17) is 42.4 Å². The maximum absolute atomic E-state index is 12.8. The van der Waals surface area contributed by atoms with Crippen molar-refractivity contribution in [2.45, 2.75) is 104 Å². The van der Waals surface area contributed by atoms with Gasteiger partial charge in [0.1, 0.15) is 17.2 Å². The van der Waals surface area contributed by atoms with Gasteiger partial charge in [-0.05, 0) is 241 Å². The molecule has 0 saturated heterocycles. The van der Waals surface area contributed by atoms with Gasteiger partial charge in [0, 0.05) is 89.2 Å². The third-order valence-electron chi connectivity index (χ3n) is 18.9. The van der Waals surface area contributed by atoms with Crippen molar-refractivity contribution in [3.8, 4) is 63.2 Å². The number of rotatable bonds is 25. The number of aliphatic imine (C=N–C) groups is 1. The summed E-state index contributed by atoms with van der Waals surface area (Å²) < 4.78 is 66.6. The zero-order valence-electron chi connectivity index (χ0n) is 62.2. The molecule has 7 N–H and O–H groups in total.